The Hall–Kier alpha value is -1.68. The number of anilines is 1. The maximum atomic E-state index is 9.21. The SMILES string of the molecule is CCOc1ccc(N)c2c(C)c(C)n(CCO)c12. The number of aryl methyl sites for hydroxylation is 1. The van der Waals surface area contributed by atoms with E-state index in [4.69, 9.17) is 10.5 Å². The van der Waals surface area contributed by atoms with Crippen LogP contribution < -0.4 is 10.5 Å². The highest BCUT2D eigenvalue weighted by Crippen LogP contribution is 2.36. The van der Waals surface area contributed by atoms with Crippen LogP contribution in [0.1, 0.15) is 18.2 Å². The molecule has 2 rings (SSSR count). The fourth-order valence-corrected chi connectivity index (χ4v) is 2.45. The van der Waals surface area contributed by atoms with E-state index in [2.05, 4.69) is 11.5 Å². The lowest BCUT2D eigenvalue weighted by molar-refractivity contribution is 0.276. The molecule has 3 N–H and O–H groups in total. The molecule has 0 aliphatic carbocycles. The van der Waals surface area contributed by atoms with E-state index in [9.17, 15) is 5.11 Å². The highest BCUT2D eigenvalue weighted by molar-refractivity contribution is 5.99. The molecule has 2 aromatic rings. The zero-order chi connectivity index (χ0) is 13.3. The molecule has 18 heavy (non-hydrogen) atoms. The number of fused-ring (bicyclic) bond motifs is 1. The number of benzene rings is 1. The zero-order valence-electron chi connectivity index (χ0n) is 11.2. The summed E-state index contributed by atoms with van der Waals surface area (Å²) in [7, 11) is 0. The molecule has 0 amide bonds. The summed E-state index contributed by atoms with van der Waals surface area (Å²) in [5.41, 5.74) is 10.1. The van der Waals surface area contributed by atoms with E-state index in [-0.39, 0.29) is 6.61 Å². The molecule has 0 unspecified atom stereocenters. The summed E-state index contributed by atoms with van der Waals surface area (Å²) >= 11 is 0. The van der Waals surface area contributed by atoms with Crippen LogP contribution in [0.4, 0.5) is 5.69 Å². The number of hydrogen-bond acceptors (Lipinski definition) is 3. The van der Waals surface area contributed by atoms with Gasteiger partial charge in [-0.1, -0.05) is 0 Å². The summed E-state index contributed by atoms with van der Waals surface area (Å²) in [5.74, 6) is 0.825. The van der Waals surface area contributed by atoms with Gasteiger partial charge >= 0.3 is 0 Å². The van der Waals surface area contributed by atoms with E-state index in [0.29, 0.717) is 13.2 Å². The van der Waals surface area contributed by atoms with Gasteiger partial charge in [-0.25, -0.2) is 0 Å². The van der Waals surface area contributed by atoms with Crippen molar-refractivity contribution in [3.63, 3.8) is 0 Å². The Labute approximate surface area is 107 Å². The molecule has 0 bridgehead atoms. The molecule has 0 fully saturated rings. The van der Waals surface area contributed by atoms with E-state index >= 15 is 0 Å². The fourth-order valence-electron chi connectivity index (χ4n) is 2.45. The van der Waals surface area contributed by atoms with Crippen LogP contribution in [0.2, 0.25) is 0 Å². The molecular weight excluding hydrogens is 228 g/mol. The van der Waals surface area contributed by atoms with Gasteiger partial charge in [0.1, 0.15) is 5.75 Å². The predicted octanol–water partition coefficient (Wildman–Crippen LogP) is 2.23. The summed E-state index contributed by atoms with van der Waals surface area (Å²) in [4.78, 5) is 0. The van der Waals surface area contributed by atoms with Crippen molar-refractivity contribution in [1.29, 1.82) is 0 Å². The molecule has 0 saturated heterocycles. The third kappa shape index (κ3) is 1.82. The molecule has 4 heteroatoms. The standard InChI is InChI=1S/C14H20N2O2/c1-4-18-12-6-5-11(15)13-9(2)10(3)16(7-8-17)14(12)13/h5-6,17H,4,7-8,15H2,1-3H3. The summed E-state index contributed by atoms with van der Waals surface area (Å²) in [5, 5.41) is 10.2. The van der Waals surface area contributed by atoms with E-state index in [1.54, 1.807) is 0 Å². The third-order valence-electron chi connectivity index (χ3n) is 3.39. The van der Waals surface area contributed by atoms with E-state index < -0.39 is 0 Å². The Bertz CT molecular complexity index is 573. The first kappa shape index (κ1) is 12.8. The van der Waals surface area contributed by atoms with E-state index in [0.717, 1.165) is 33.6 Å². The average molecular weight is 248 g/mol. The van der Waals surface area contributed by atoms with Crippen molar-refractivity contribution >= 4 is 16.6 Å². The van der Waals surface area contributed by atoms with Crippen LogP contribution in [0, 0.1) is 13.8 Å². The van der Waals surface area contributed by atoms with Gasteiger partial charge in [0.25, 0.3) is 0 Å². The molecule has 0 aliphatic rings. The smallest absolute Gasteiger partial charge is 0.143 e. The minimum Gasteiger partial charge on any atom is -0.492 e. The Balaban J connectivity index is 2.81. The molecule has 0 atom stereocenters. The quantitative estimate of drug-likeness (QED) is 0.816. The van der Waals surface area contributed by atoms with Gasteiger partial charge in [-0.3, -0.25) is 0 Å². The van der Waals surface area contributed by atoms with Crippen molar-refractivity contribution in [3.8, 4) is 5.75 Å². The fraction of sp³-hybridized carbons (Fsp3) is 0.429. The predicted molar refractivity (Wildman–Crippen MR) is 74.1 cm³/mol. The maximum absolute atomic E-state index is 9.21. The number of aromatic nitrogens is 1. The van der Waals surface area contributed by atoms with Crippen LogP contribution in [0.3, 0.4) is 0 Å². The Morgan fingerprint density at radius 2 is 2.06 bits per heavy atom. The van der Waals surface area contributed by atoms with Crippen molar-refractivity contribution in [2.24, 2.45) is 0 Å². The molecule has 98 valence electrons. The molecule has 0 radical (unpaired) electrons. The molecule has 0 aliphatic heterocycles. The first-order valence-corrected chi connectivity index (χ1v) is 6.23. The first-order chi connectivity index (χ1) is 8.61. The number of aliphatic hydroxyl groups is 1. The summed E-state index contributed by atoms with van der Waals surface area (Å²) in [6.45, 7) is 7.32. The number of hydrogen-bond donors (Lipinski definition) is 2. The van der Waals surface area contributed by atoms with E-state index in [1.807, 2.05) is 26.0 Å². The first-order valence-electron chi connectivity index (χ1n) is 6.23. The number of rotatable bonds is 4. The van der Waals surface area contributed by atoms with Gasteiger partial charge in [0.05, 0.1) is 18.7 Å². The molecule has 1 aromatic carbocycles. The highest BCUT2D eigenvalue weighted by atomic mass is 16.5. The van der Waals surface area contributed by atoms with E-state index in [1.165, 1.54) is 0 Å². The lowest BCUT2D eigenvalue weighted by Gasteiger charge is -2.11. The van der Waals surface area contributed by atoms with Gasteiger partial charge in [-0.15, -0.1) is 0 Å². The number of nitrogens with zero attached hydrogens (tertiary/aromatic N) is 1. The number of aliphatic hydroxyl groups excluding tert-OH is 1. The maximum Gasteiger partial charge on any atom is 0.143 e. The Morgan fingerprint density at radius 3 is 2.67 bits per heavy atom. The molecule has 0 saturated carbocycles. The third-order valence-corrected chi connectivity index (χ3v) is 3.39. The lowest BCUT2D eigenvalue weighted by atomic mass is 10.1. The van der Waals surface area contributed by atoms with Crippen LogP contribution in [-0.2, 0) is 6.54 Å². The van der Waals surface area contributed by atoms with Gasteiger partial charge in [0, 0.05) is 23.3 Å². The Morgan fingerprint density at radius 1 is 1.33 bits per heavy atom. The topological polar surface area (TPSA) is 60.4 Å². The van der Waals surface area contributed by atoms with Gasteiger partial charge < -0.3 is 20.1 Å². The van der Waals surface area contributed by atoms with Gasteiger partial charge in [0.15, 0.2) is 0 Å². The highest BCUT2D eigenvalue weighted by Gasteiger charge is 2.16. The van der Waals surface area contributed by atoms with Crippen LogP contribution in [0.15, 0.2) is 12.1 Å². The molecule has 4 nitrogen and oxygen atoms in total. The van der Waals surface area contributed by atoms with Crippen molar-refractivity contribution in [2.45, 2.75) is 27.3 Å². The average Bonchev–Trinajstić information content (AvgIpc) is 2.60. The number of ether oxygens (including phenoxy) is 1. The molecule has 1 heterocycles. The minimum atomic E-state index is 0.102. The van der Waals surface area contributed by atoms with Crippen molar-refractivity contribution in [3.05, 3.63) is 23.4 Å². The number of nitrogens with two attached hydrogens (primary N) is 1. The Kier molecular flexibility index (Phi) is 3.48. The summed E-state index contributed by atoms with van der Waals surface area (Å²) in [6.07, 6.45) is 0. The second-order valence-corrected chi connectivity index (χ2v) is 4.40. The van der Waals surface area contributed by atoms with Crippen LogP contribution in [-0.4, -0.2) is 22.9 Å². The van der Waals surface area contributed by atoms with Gasteiger partial charge in [-0.2, -0.15) is 0 Å². The number of nitrogen functional groups attached to an aromatic ring is 1. The van der Waals surface area contributed by atoms with Crippen molar-refractivity contribution in [1.82, 2.24) is 4.57 Å². The lowest BCUT2D eigenvalue weighted by Crippen LogP contribution is -2.05. The summed E-state index contributed by atoms with van der Waals surface area (Å²) < 4.78 is 7.75. The summed E-state index contributed by atoms with van der Waals surface area (Å²) in [6, 6.07) is 3.77. The van der Waals surface area contributed by atoms with Crippen LogP contribution in [0.5, 0.6) is 5.75 Å². The second kappa shape index (κ2) is 4.90. The zero-order valence-corrected chi connectivity index (χ0v) is 11.2. The van der Waals surface area contributed by atoms with Crippen molar-refractivity contribution in [2.75, 3.05) is 18.9 Å². The van der Waals surface area contributed by atoms with Crippen LogP contribution >= 0.6 is 0 Å². The largest absolute Gasteiger partial charge is 0.492 e. The van der Waals surface area contributed by atoms with Gasteiger partial charge in [-0.05, 0) is 38.5 Å². The van der Waals surface area contributed by atoms with Gasteiger partial charge in [0.2, 0.25) is 0 Å². The monoisotopic (exact) mass is 248 g/mol. The molecular formula is C14H20N2O2. The van der Waals surface area contributed by atoms with Crippen molar-refractivity contribution < 1.29 is 9.84 Å². The normalized spacial score (nSPS) is 11.1. The molecule has 0 spiro atoms. The minimum absolute atomic E-state index is 0.102. The van der Waals surface area contributed by atoms with Crippen LogP contribution in [0.25, 0.3) is 10.9 Å². The second-order valence-electron chi connectivity index (χ2n) is 4.40. The molecule has 1 aromatic heterocycles.